The van der Waals surface area contributed by atoms with Crippen LogP contribution < -0.4 is 10.1 Å². The normalized spacial score (nSPS) is 20.2. The number of ether oxygens (including phenoxy) is 1. The number of amides is 1. The number of ketones is 1. The lowest BCUT2D eigenvalue weighted by Gasteiger charge is -2.27. The average molecular weight is 330 g/mol. The molecule has 1 amide bonds. The maximum atomic E-state index is 12.7. The van der Waals surface area contributed by atoms with Crippen LogP contribution in [0.3, 0.4) is 0 Å². The number of rotatable bonds is 5. The second kappa shape index (κ2) is 7.24. The van der Waals surface area contributed by atoms with Crippen LogP contribution in [0, 0.1) is 5.92 Å². The first-order valence-corrected chi connectivity index (χ1v) is 8.81. The molecule has 0 aromatic heterocycles. The van der Waals surface area contributed by atoms with Crippen molar-refractivity contribution in [1.29, 1.82) is 0 Å². The van der Waals surface area contributed by atoms with Crippen LogP contribution in [0.15, 0.2) is 18.2 Å². The molecule has 1 saturated carbocycles. The molecule has 3 rings (SSSR count). The number of hydrogen-bond donors (Lipinski definition) is 1. The molecule has 2 aliphatic rings. The van der Waals surface area contributed by atoms with Crippen LogP contribution in [0.4, 0.5) is 5.69 Å². The molecular formula is C19H26N2O3. The summed E-state index contributed by atoms with van der Waals surface area (Å²) < 4.78 is 5.21. The van der Waals surface area contributed by atoms with Crippen molar-refractivity contribution in [2.75, 3.05) is 32.6 Å². The highest BCUT2D eigenvalue weighted by Crippen LogP contribution is 2.35. The van der Waals surface area contributed by atoms with Gasteiger partial charge in [0.05, 0.1) is 13.0 Å². The van der Waals surface area contributed by atoms with E-state index in [0.29, 0.717) is 19.0 Å². The number of Topliss-reactive ketones (excluding diaryl/α,β-unsaturated/α-hetero) is 1. The highest BCUT2D eigenvalue weighted by molar-refractivity contribution is 6.38. The third-order valence-electron chi connectivity index (χ3n) is 5.26. The molecule has 24 heavy (non-hydrogen) atoms. The molecule has 1 N–H and O–H groups in total. The topological polar surface area (TPSA) is 58.6 Å². The van der Waals surface area contributed by atoms with E-state index in [2.05, 4.69) is 5.32 Å². The summed E-state index contributed by atoms with van der Waals surface area (Å²) in [4.78, 5) is 26.9. The highest BCUT2D eigenvalue weighted by atomic mass is 16.5. The fourth-order valence-electron chi connectivity index (χ4n) is 3.85. The summed E-state index contributed by atoms with van der Waals surface area (Å²) >= 11 is 0. The second-order valence-corrected chi connectivity index (χ2v) is 6.94. The van der Waals surface area contributed by atoms with Gasteiger partial charge >= 0.3 is 0 Å². The van der Waals surface area contributed by atoms with Gasteiger partial charge in [0.2, 0.25) is 5.78 Å². The van der Waals surface area contributed by atoms with E-state index < -0.39 is 5.92 Å². The number of hydrogen-bond acceptors (Lipinski definition) is 4. The fraction of sp³-hybridized carbons (Fsp3) is 0.579. The maximum absolute atomic E-state index is 12.7. The molecule has 1 atom stereocenters. The largest absolute Gasteiger partial charge is 0.497 e. The predicted molar refractivity (Wildman–Crippen MR) is 93.4 cm³/mol. The van der Waals surface area contributed by atoms with Gasteiger partial charge in [-0.1, -0.05) is 25.3 Å². The summed E-state index contributed by atoms with van der Waals surface area (Å²) in [6, 6.07) is 5.59. The summed E-state index contributed by atoms with van der Waals surface area (Å²) in [6.45, 7) is 1.17. The number of fused-ring (bicyclic) bond motifs is 1. The number of benzene rings is 1. The SMILES string of the molecule is COc1ccc2c(c1)NCC2C(=O)C(=O)N(C)CC1CCCCC1. The number of nitrogens with zero attached hydrogens (tertiary/aromatic N) is 1. The lowest BCUT2D eigenvalue weighted by atomic mass is 9.88. The predicted octanol–water partition coefficient (Wildman–Crippen LogP) is 2.81. The van der Waals surface area contributed by atoms with Gasteiger partial charge in [-0.2, -0.15) is 0 Å². The molecule has 1 aromatic rings. The standard InChI is InChI=1S/C19H26N2O3/c1-21(12-13-6-4-3-5-7-13)19(23)18(22)16-11-20-17-10-14(24-2)8-9-15(16)17/h8-10,13,16,20H,3-7,11-12H2,1-2H3. The van der Waals surface area contributed by atoms with Crippen molar-refractivity contribution >= 4 is 17.4 Å². The summed E-state index contributed by atoms with van der Waals surface area (Å²) in [5, 5.41) is 3.21. The Morgan fingerprint density at radius 2 is 2.00 bits per heavy atom. The molecule has 1 aromatic carbocycles. The summed E-state index contributed by atoms with van der Waals surface area (Å²) in [6.07, 6.45) is 6.10. The number of anilines is 1. The zero-order valence-electron chi connectivity index (χ0n) is 14.5. The Morgan fingerprint density at radius 1 is 1.25 bits per heavy atom. The molecule has 1 aliphatic carbocycles. The van der Waals surface area contributed by atoms with Crippen molar-refractivity contribution in [3.63, 3.8) is 0 Å². The average Bonchev–Trinajstić information content (AvgIpc) is 3.04. The Hall–Kier alpha value is -2.04. The van der Waals surface area contributed by atoms with Gasteiger partial charge < -0.3 is 15.0 Å². The van der Waals surface area contributed by atoms with Gasteiger partial charge in [-0.15, -0.1) is 0 Å². The molecule has 5 nitrogen and oxygen atoms in total. The van der Waals surface area contributed by atoms with Gasteiger partial charge in [0.15, 0.2) is 0 Å². The molecule has 0 spiro atoms. The second-order valence-electron chi connectivity index (χ2n) is 6.94. The van der Waals surface area contributed by atoms with Gasteiger partial charge in [0.25, 0.3) is 5.91 Å². The minimum atomic E-state index is -0.396. The van der Waals surface area contributed by atoms with Crippen molar-refractivity contribution in [3.05, 3.63) is 23.8 Å². The third-order valence-corrected chi connectivity index (χ3v) is 5.26. The first kappa shape index (κ1) is 16.8. The number of methoxy groups -OCH3 is 1. The van der Waals surface area contributed by atoms with Crippen LogP contribution >= 0.6 is 0 Å². The monoisotopic (exact) mass is 330 g/mol. The molecule has 1 aliphatic heterocycles. The quantitative estimate of drug-likeness (QED) is 0.844. The van der Waals surface area contributed by atoms with E-state index in [4.69, 9.17) is 4.74 Å². The van der Waals surface area contributed by atoms with Gasteiger partial charge in [0.1, 0.15) is 5.75 Å². The van der Waals surface area contributed by atoms with E-state index in [1.54, 1.807) is 19.1 Å². The Bertz CT molecular complexity index is 623. The lowest BCUT2D eigenvalue weighted by molar-refractivity contribution is -0.144. The Balaban J connectivity index is 1.65. The van der Waals surface area contributed by atoms with Crippen molar-refractivity contribution in [2.45, 2.75) is 38.0 Å². The Labute approximate surface area is 143 Å². The number of carbonyl (C=O) groups excluding carboxylic acids is 2. The summed E-state index contributed by atoms with van der Waals surface area (Å²) in [5.41, 5.74) is 1.77. The van der Waals surface area contributed by atoms with E-state index in [1.807, 2.05) is 18.2 Å². The molecule has 1 fully saturated rings. The van der Waals surface area contributed by atoms with Gasteiger partial charge in [-0.25, -0.2) is 0 Å². The molecule has 5 heteroatoms. The van der Waals surface area contributed by atoms with Crippen molar-refractivity contribution in [1.82, 2.24) is 4.90 Å². The van der Waals surface area contributed by atoms with Gasteiger partial charge in [0, 0.05) is 31.9 Å². The number of nitrogens with one attached hydrogen (secondary N) is 1. The summed E-state index contributed by atoms with van der Waals surface area (Å²) in [7, 11) is 3.37. The smallest absolute Gasteiger partial charge is 0.290 e. The Morgan fingerprint density at radius 3 is 2.71 bits per heavy atom. The van der Waals surface area contributed by atoms with Crippen molar-refractivity contribution in [2.24, 2.45) is 5.92 Å². The molecule has 0 radical (unpaired) electrons. The molecule has 130 valence electrons. The maximum Gasteiger partial charge on any atom is 0.290 e. The summed E-state index contributed by atoms with van der Waals surface area (Å²) in [5.74, 6) is 0.210. The van der Waals surface area contributed by atoms with Crippen LogP contribution in [-0.4, -0.2) is 43.8 Å². The third kappa shape index (κ3) is 3.40. The molecule has 1 heterocycles. The minimum absolute atomic E-state index is 0.315. The first-order valence-electron chi connectivity index (χ1n) is 8.81. The minimum Gasteiger partial charge on any atom is -0.497 e. The van der Waals surface area contributed by atoms with Gasteiger partial charge in [-0.05, 0) is 30.4 Å². The van der Waals surface area contributed by atoms with E-state index in [0.717, 1.165) is 17.0 Å². The van der Waals surface area contributed by atoms with Crippen LogP contribution in [-0.2, 0) is 9.59 Å². The van der Waals surface area contributed by atoms with E-state index in [9.17, 15) is 9.59 Å². The van der Waals surface area contributed by atoms with E-state index >= 15 is 0 Å². The Kier molecular flexibility index (Phi) is 5.07. The molecule has 0 saturated heterocycles. The van der Waals surface area contributed by atoms with Crippen LogP contribution in [0.2, 0.25) is 0 Å². The number of carbonyl (C=O) groups is 2. The van der Waals surface area contributed by atoms with Crippen molar-refractivity contribution < 1.29 is 14.3 Å². The number of likely N-dealkylation sites (N-methyl/N-ethyl adjacent to an activating group) is 1. The molecular weight excluding hydrogens is 304 g/mol. The van der Waals surface area contributed by atoms with Crippen LogP contribution in [0.5, 0.6) is 5.75 Å². The van der Waals surface area contributed by atoms with E-state index in [1.165, 1.54) is 32.1 Å². The zero-order valence-corrected chi connectivity index (χ0v) is 14.5. The van der Waals surface area contributed by atoms with Crippen LogP contribution in [0.1, 0.15) is 43.6 Å². The zero-order chi connectivity index (χ0) is 17.1. The van der Waals surface area contributed by atoms with Crippen LogP contribution in [0.25, 0.3) is 0 Å². The fourth-order valence-corrected chi connectivity index (χ4v) is 3.85. The highest BCUT2D eigenvalue weighted by Gasteiger charge is 2.34. The molecule has 1 unspecified atom stereocenters. The lowest BCUT2D eigenvalue weighted by Crippen LogP contribution is -2.39. The van der Waals surface area contributed by atoms with Gasteiger partial charge in [-0.3, -0.25) is 9.59 Å². The molecule has 0 bridgehead atoms. The van der Waals surface area contributed by atoms with Crippen molar-refractivity contribution in [3.8, 4) is 5.75 Å². The van der Waals surface area contributed by atoms with E-state index in [-0.39, 0.29) is 11.7 Å². The first-order chi connectivity index (χ1) is 11.6.